The van der Waals surface area contributed by atoms with Gasteiger partial charge in [-0.05, 0) is 18.6 Å². The Hall–Kier alpha value is -0.910. The molecule has 0 saturated carbocycles. The topological polar surface area (TPSA) is 49.8 Å². The summed E-state index contributed by atoms with van der Waals surface area (Å²) in [5, 5.41) is 11.1. The molecule has 0 spiro atoms. The predicted octanol–water partition coefficient (Wildman–Crippen LogP) is 2.20. The number of carbonyl (C=O) groups excluding carboxylic acids is 1. The zero-order valence-corrected chi connectivity index (χ0v) is 11.7. The highest BCUT2D eigenvalue weighted by Gasteiger charge is 2.18. The molecular formula is C12H16BrNO3. The minimum absolute atomic E-state index is 0.00755. The molecule has 1 aromatic carbocycles. The van der Waals surface area contributed by atoms with Gasteiger partial charge in [-0.3, -0.25) is 9.63 Å². The maximum atomic E-state index is 11.6. The van der Waals surface area contributed by atoms with Crippen molar-refractivity contribution in [1.29, 1.82) is 0 Å². The maximum Gasteiger partial charge on any atom is 0.248 e. The number of rotatable bonds is 4. The van der Waals surface area contributed by atoms with E-state index in [1.54, 1.807) is 0 Å². The van der Waals surface area contributed by atoms with Crippen LogP contribution in [0.5, 0.6) is 0 Å². The number of aryl methyl sites for hydroxylation is 1. The molecule has 17 heavy (non-hydrogen) atoms. The predicted molar refractivity (Wildman–Crippen MR) is 68.2 cm³/mol. The van der Waals surface area contributed by atoms with Crippen molar-refractivity contribution < 1.29 is 14.7 Å². The van der Waals surface area contributed by atoms with Crippen LogP contribution < -0.4 is 0 Å². The molecule has 0 saturated heterocycles. The smallest absolute Gasteiger partial charge is 0.248 e. The van der Waals surface area contributed by atoms with E-state index in [9.17, 15) is 9.90 Å². The molecule has 1 amide bonds. The van der Waals surface area contributed by atoms with Crippen LogP contribution in [0, 0.1) is 6.92 Å². The van der Waals surface area contributed by atoms with Crippen molar-refractivity contribution >= 4 is 21.8 Å². The van der Waals surface area contributed by atoms with Crippen molar-refractivity contribution in [2.24, 2.45) is 0 Å². The Morgan fingerprint density at radius 1 is 1.59 bits per heavy atom. The fourth-order valence-corrected chi connectivity index (χ4v) is 1.94. The van der Waals surface area contributed by atoms with Gasteiger partial charge in [0, 0.05) is 11.5 Å². The highest BCUT2D eigenvalue weighted by Crippen LogP contribution is 2.27. The highest BCUT2D eigenvalue weighted by molar-refractivity contribution is 9.10. The molecule has 0 aliphatic heterocycles. The molecule has 5 heteroatoms. The lowest BCUT2D eigenvalue weighted by Gasteiger charge is -2.17. The van der Waals surface area contributed by atoms with Crippen LogP contribution in [-0.4, -0.2) is 30.2 Å². The molecule has 0 bridgehead atoms. The lowest BCUT2D eigenvalue weighted by atomic mass is 10.0. The standard InChI is InChI=1S/C12H16BrNO3/c1-8-4-5-10(13)9(6-8)11(15)7-12(16)14(2)17-3/h4-6,11,15H,7H2,1-3H3. The molecule has 0 aromatic heterocycles. The van der Waals surface area contributed by atoms with Crippen LogP contribution in [0.3, 0.4) is 0 Å². The number of hydroxylamine groups is 2. The Morgan fingerprint density at radius 3 is 2.82 bits per heavy atom. The van der Waals surface area contributed by atoms with E-state index in [2.05, 4.69) is 15.9 Å². The van der Waals surface area contributed by atoms with Gasteiger partial charge >= 0.3 is 0 Å². The van der Waals surface area contributed by atoms with Gasteiger partial charge < -0.3 is 5.11 Å². The van der Waals surface area contributed by atoms with Gasteiger partial charge in [-0.1, -0.05) is 33.6 Å². The van der Waals surface area contributed by atoms with Gasteiger partial charge in [-0.15, -0.1) is 0 Å². The SMILES string of the molecule is CON(C)C(=O)CC(O)c1cc(C)ccc1Br. The molecular weight excluding hydrogens is 286 g/mol. The zero-order valence-electron chi connectivity index (χ0n) is 10.1. The van der Waals surface area contributed by atoms with E-state index in [0.717, 1.165) is 15.1 Å². The first-order valence-electron chi connectivity index (χ1n) is 5.20. The molecule has 0 aliphatic carbocycles. The summed E-state index contributed by atoms with van der Waals surface area (Å²) in [7, 11) is 2.92. The Bertz CT molecular complexity index is 409. The zero-order chi connectivity index (χ0) is 13.0. The summed E-state index contributed by atoms with van der Waals surface area (Å²) in [5.41, 5.74) is 1.75. The van der Waals surface area contributed by atoms with Crippen molar-refractivity contribution in [3.05, 3.63) is 33.8 Å². The molecule has 1 aromatic rings. The van der Waals surface area contributed by atoms with Crippen molar-refractivity contribution in [1.82, 2.24) is 5.06 Å². The fraction of sp³-hybridized carbons (Fsp3) is 0.417. The number of carbonyl (C=O) groups is 1. The number of aliphatic hydroxyl groups excluding tert-OH is 1. The average Bonchev–Trinajstić information content (AvgIpc) is 2.30. The highest BCUT2D eigenvalue weighted by atomic mass is 79.9. The molecule has 94 valence electrons. The van der Waals surface area contributed by atoms with E-state index in [-0.39, 0.29) is 12.3 Å². The van der Waals surface area contributed by atoms with E-state index in [0.29, 0.717) is 5.56 Å². The minimum atomic E-state index is -0.839. The second kappa shape index (κ2) is 6.14. The lowest BCUT2D eigenvalue weighted by Crippen LogP contribution is -2.26. The molecule has 1 N–H and O–H groups in total. The van der Waals surface area contributed by atoms with Crippen LogP contribution in [-0.2, 0) is 9.63 Å². The van der Waals surface area contributed by atoms with Crippen molar-refractivity contribution in [3.8, 4) is 0 Å². The van der Waals surface area contributed by atoms with Crippen molar-refractivity contribution in [2.75, 3.05) is 14.2 Å². The van der Waals surface area contributed by atoms with E-state index in [4.69, 9.17) is 4.84 Å². The second-order valence-corrected chi connectivity index (χ2v) is 4.67. The monoisotopic (exact) mass is 301 g/mol. The lowest BCUT2D eigenvalue weighted by molar-refractivity contribution is -0.170. The Labute approximate surface area is 109 Å². The molecule has 0 aliphatic rings. The summed E-state index contributed by atoms with van der Waals surface area (Å²) in [4.78, 5) is 16.3. The largest absolute Gasteiger partial charge is 0.388 e. The van der Waals surface area contributed by atoms with Crippen LogP contribution in [0.25, 0.3) is 0 Å². The first kappa shape index (κ1) is 14.2. The third kappa shape index (κ3) is 3.80. The van der Waals surface area contributed by atoms with Crippen LogP contribution in [0.4, 0.5) is 0 Å². The van der Waals surface area contributed by atoms with Gasteiger partial charge in [0.25, 0.3) is 0 Å². The fourth-order valence-electron chi connectivity index (χ4n) is 1.42. The second-order valence-electron chi connectivity index (χ2n) is 3.82. The molecule has 0 fully saturated rings. The van der Waals surface area contributed by atoms with Crippen LogP contribution in [0.1, 0.15) is 23.7 Å². The van der Waals surface area contributed by atoms with E-state index < -0.39 is 6.10 Å². The molecule has 0 radical (unpaired) electrons. The summed E-state index contributed by atoms with van der Waals surface area (Å²) in [5.74, 6) is -0.270. The third-order valence-electron chi connectivity index (χ3n) is 2.50. The van der Waals surface area contributed by atoms with Gasteiger partial charge in [-0.25, -0.2) is 5.06 Å². The number of hydrogen-bond acceptors (Lipinski definition) is 3. The summed E-state index contributed by atoms with van der Waals surface area (Å²) >= 11 is 3.36. The van der Waals surface area contributed by atoms with E-state index >= 15 is 0 Å². The molecule has 1 rings (SSSR count). The van der Waals surface area contributed by atoms with Crippen LogP contribution in [0.2, 0.25) is 0 Å². The average molecular weight is 302 g/mol. The van der Waals surface area contributed by atoms with E-state index in [1.807, 2.05) is 25.1 Å². The normalized spacial score (nSPS) is 12.3. The number of nitrogens with zero attached hydrogens (tertiary/aromatic N) is 1. The van der Waals surface area contributed by atoms with Crippen LogP contribution in [0.15, 0.2) is 22.7 Å². The summed E-state index contributed by atoms with van der Waals surface area (Å²) in [6.07, 6.45) is -0.846. The summed E-state index contributed by atoms with van der Waals surface area (Å²) in [6.45, 7) is 1.94. The third-order valence-corrected chi connectivity index (χ3v) is 3.23. The van der Waals surface area contributed by atoms with Crippen molar-refractivity contribution in [2.45, 2.75) is 19.4 Å². The van der Waals surface area contributed by atoms with Crippen molar-refractivity contribution in [3.63, 3.8) is 0 Å². The number of benzene rings is 1. The molecule has 0 heterocycles. The number of halogens is 1. The minimum Gasteiger partial charge on any atom is -0.388 e. The Kier molecular flexibility index (Phi) is 5.11. The summed E-state index contributed by atoms with van der Waals surface area (Å²) < 4.78 is 0.795. The van der Waals surface area contributed by atoms with Crippen LogP contribution >= 0.6 is 15.9 Å². The first-order chi connectivity index (χ1) is 7.95. The van der Waals surface area contributed by atoms with Gasteiger partial charge in [0.1, 0.15) is 0 Å². The quantitative estimate of drug-likeness (QED) is 0.868. The number of hydrogen-bond donors (Lipinski definition) is 1. The Balaban J connectivity index is 2.79. The maximum absolute atomic E-state index is 11.6. The van der Waals surface area contributed by atoms with E-state index in [1.165, 1.54) is 14.2 Å². The van der Waals surface area contributed by atoms with Gasteiger partial charge in [0.2, 0.25) is 5.91 Å². The first-order valence-corrected chi connectivity index (χ1v) is 5.99. The number of aliphatic hydroxyl groups is 1. The van der Waals surface area contributed by atoms with Gasteiger partial charge in [0.15, 0.2) is 0 Å². The van der Waals surface area contributed by atoms with Gasteiger partial charge in [0.05, 0.1) is 19.6 Å². The Morgan fingerprint density at radius 2 is 2.24 bits per heavy atom. The number of amides is 1. The molecule has 1 atom stereocenters. The molecule has 4 nitrogen and oxygen atoms in total. The molecule has 1 unspecified atom stereocenters. The summed E-state index contributed by atoms with van der Waals surface area (Å²) in [6, 6.07) is 5.65. The van der Waals surface area contributed by atoms with Gasteiger partial charge in [-0.2, -0.15) is 0 Å².